The zero-order valence-electron chi connectivity index (χ0n) is 8.06. The lowest BCUT2D eigenvalue weighted by Gasteiger charge is -2.06. The first-order chi connectivity index (χ1) is 7.68. The van der Waals surface area contributed by atoms with Crippen molar-refractivity contribution in [3.8, 4) is 0 Å². The number of alkyl halides is 1. The van der Waals surface area contributed by atoms with Gasteiger partial charge in [-0.05, 0) is 17.7 Å². The van der Waals surface area contributed by atoms with Crippen molar-refractivity contribution in [2.45, 2.75) is 5.38 Å². The van der Waals surface area contributed by atoms with Crippen molar-refractivity contribution in [1.29, 1.82) is 0 Å². The Hall–Kier alpha value is -1.26. The van der Waals surface area contributed by atoms with Gasteiger partial charge in [0.25, 0.3) is 0 Å². The third-order valence-electron chi connectivity index (χ3n) is 2.07. The molecule has 0 radical (unpaired) electrons. The van der Waals surface area contributed by atoms with Crippen LogP contribution in [-0.2, 0) is 0 Å². The predicted octanol–water partition coefficient (Wildman–Crippen LogP) is 3.45. The number of halogens is 2. The van der Waals surface area contributed by atoms with Crippen LogP contribution in [0.15, 0.2) is 36.0 Å². The number of Topliss-reactive ketones (excluding diaryl/α,β-unsaturated/α-hetero) is 1. The average molecular weight is 256 g/mol. The van der Waals surface area contributed by atoms with Gasteiger partial charge in [0.15, 0.2) is 5.78 Å². The van der Waals surface area contributed by atoms with Gasteiger partial charge in [-0.25, -0.2) is 4.39 Å². The molecule has 5 heteroatoms. The van der Waals surface area contributed by atoms with Crippen LogP contribution < -0.4 is 0 Å². The minimum absolute atomic E-state index is 0.212. The number of carbonyl (C=O) groups excluding carboxylic acids is 1. The Balaban J connectivity index is 2.22. The highest BCUT2D eigenvalue weighted by molar-refractivity contribution is 7.11. The van der Waals surface area contributed by atoms with Gasteiger partial charge in [0.05, 0.1) is 10.4 Å². The largest absolute Gasteiger partial charge is 0.291 e. The molecule has 0 saturated heterocycles. The summed E-state index contributed by atoms with van der Waals surface area (Å²) in [4.78, 5) is 16.2. The molecule has 1 heterocycles. The van der Waals surface area contributed by atoms with Gasteiger partial charge in [0, 0.05) is 6.20 Å². The van der Waals surface area contributed by atoms with E-state index >= 15 is 0 Å². The Bertz CT molecular complexity index is 483. The number of hydrogen-bond donors (Lipinski definition) is 0. The molecule has 2 nitrogen and oxygen atoms in total. The highest BCUT2D eigenvalue weighted by Gasteiger charge is 2.20. The van der Waals surface area contributed by atoms with Crippen LogP contribution in [0.2, 0.25) is 0 Å². The van der Waals surface area contributed by atoms with Gasteiger partial charge >= 0.3 is 0 Å². The first kappa shape index (κ1) is 11.2. The lowest BCUT2D eigenvalue weighted by Crippen LogP contribution is -2.05. The molecule has 0 N–H and O–H groups in total. The molecule has 0 bridgehead atoms. The number of hydrogen-bond acceptors (Lipinski definition) is 3. The quantitative estimate of drug-likeness (QED) is 0.621. The van der Waals surface area contributed by atoms with Crippen LogP contribution in [-0.4, -0.2) is 10.8 Å². The summed E-state index contributed by atoms with van der Waals surface area (Å²) >= 11 is 7.25. The molecule has 82 valence electrons. The van der Waals surface area contributed by atoms with E-state index in [1.54, 1.807) is 5.51 Å². The second-order valence-electron chi connectivity index (χ2n) is 3.14. The van der Waals surface area contributed by atoms with Crippen LogP contribution in [0, 0.1) is 5.82 Å². The molecule has 0 saturated carbocycles. The molecule has 0 spiro atoms. The predicted molar refractivity (Wildman–Crippen MR) is 61.4 cm³/mol. The zero-order valence-corrected chi connectivity index (χ0v) is 9.63. The number of nitrogens with zero attached hydrogens (tertiary/aromatic N) is 1. The fourth-order valence-corrected chi connectivity index (χ4v) is 2.16. The summed E-state index contributed by atoms with van der Waals surface area (Å²) in [6.07, 6.45) is 1.48. The van der Waals surface area contributed by atoms with E-state index in [-0.39, 0.29) is 11.6 Å². The molecule has 0 amide bonds. The molecule has 1 unspecified atom stereocenters. The van der Waals surface area contributed by atoms with Crippen LogP contribution in [0.3, 0.4) is 0 Å². The standard InChI is InChI=1S/C11H7ClFNOS/c12-10(7-1-3-8(13)4-2-7)11(15)9-5-14-6-16-9/h1-6,10H. The van der Waals surface area contributed by atoms with Crippen LogP contribution in [0.5, 0.6) is 0 Å². The zero-order chi connectivity index (χ0) is 11.5. The summed E-state index contributed by atoms with van der Waals surface area (Å²) in [5.41, 5.74) is 2.16. The first-order valence-corrected chi connectivity index (χ1v) is 5.82. The van der Waals surface area contributed by atoms with Crippen LogP contribution in [0.4, 0.5) is 4.39 Å². The van der Waals surface area contributed by atoms with Crippen LogP contribution in [0.1, 0.15) is 20.6 Å². The monoisotopic (exact) mass is 255 g/mol. The maximum Gasteiger partial charge on any atom is 0.196 e. The fourth-order valence-electron chi connectivity index (χ4n) is 1.25. The number of rotatable bonds is 3. The molecular formula is C11H7ClFNOS. The SMILES string of the molecule is O=C(c1cncs1)C(Cl)c1ccc(F)cc1. The fraction of sp³-hybridized carbons (Fsp3) is 0.0909. The van der Waals surface area contributed by atoms with Gasteiger partial charge in [-0.15, -0.1) is 22.9 Å². The van der Waals surface area contributed by atoms with E-state index in [9.17, 15) is 9.18 Å². The van der Waals surface area contributed by atoms with Crippen molar-refractivity contribution in [3.05, 3.63) is 52.2 Å². The summed E-state index contributed by atoms with van der Waals surface area (Å²) < 4.78 is 12.7. The number of ketones is 1. The van der Waals surface area contributed by atoms with Gasteiger partial charge in [-0.2, -0.15) is 0 Å². The summed E-state index contributed by atoms with van der Waals surface area (Å²) in [5.74, 6) is -0.561. The normalized spacial score (nSPS) is 12.4. The van der Waals surface area contributed by atoms with E-state index in [1.165, 1.54) is 41.8 Å². The second-order valence-corrected chi connectivity index (χ2v) is 4.47. The molecule has 2 rings (SSSR count). The van der Waals surface area contributed by atoms with Crippen molar-refractivity contribution in [2.75, 3.05) is 0 Å². The summed E-state index contributed by atoms with van der Waals surface area (Å²) in [6, 6.07) is 5.58. The molecule has 0 aliphatic heterocycles. The summed E-state index contributed by atoms with van der Waals surface area (Å²) in [7, 11) is 0. The molecule has 1 atom stereocenters. The molecular weight excluding hydrogens is 249 g/mol. The third-order valence-corrected chi connectivity index (χ3v) is 3.31. The minimum atomic E-state index is -0.791. The van der Waals surface area contributed by atoms with Crippen molar-refractivity contribution in [3.63, 3.8) is 0 Å². The Labute approximate surface area is 101 Å². The Kier molecular flexibility index (Phi) is 3.31. The highest BCUT2D eigenvalue weighted by Crippen LogP contribution is 2.26. The maximum absolute atomic E-state index is 12.7. The van der Waals surface area contributed by atoms with Crippen LogP contribution >= 0.6 is 22.9 Å². The van der Waals surface area contributed by atoms with Crippen molar-refractivity contribution in [2.24, 2.45) is 0 Å². The molecule has 16 heavy (non-hydrogen) atoms. The van der Waals surface area contributed by atoms with Gasteiger partial charge in [-0.3, -0.25) is 9.78 Å². The number of aromatic nitrogens is 1. The molecule has 0 fully saturated rings. The lowest BCUT2D eigenvalue weighted by molar-refractivity contribution is 0.0991. The molecule has 2 aromatic rings. The Morgan fingerprint density at radius 1 is 1.38 bits per heavy atom. The second kappa shape index (κ2) is 4.72. The average Bonchev–Trinajstić information content (AvgIpc) is 2.81. The first-order valence-electron chi connectivity index (χ1n) is 4.50. The van der Waals surface area contributed by atoms with E-state index in [0.29, 0.717) is 10.4 Å². The summed E-state index contributed by atoms with van der Waals surface area (Å²) in [5, 5.41) is -0.791. The molecule has 0 aliphatic rings. The van der Waals surface area contributed by atoms with Crippen molar-refractivity contribution >= 4 is 28.7 Å². The van der Waals surface area contributed by atoms with Crippen molar-refractivity contribution in [1.82, 2.24) is 4.98 Å². The van der Waals surface area contributed by atoms with Gasteiger partial charge in [-0.1, -0.05) is 12.1 Å². The van der Waals surface area contributed by atoms with E-state index in [4.69, 9.17) is 11.6 Å². The van der Waals surface area contributed by atoms with Gasteiger partial charge < -0.3 is 0 Å². The number of thiazole rings is 1. The van der Waals surface area contributed by atoms with Gasteiger partial charge in [0.1, 0.15) is 11.2 Å². The lowest BCUT2D eigenvalue weighted by atomic mass is 10.1. The molecule has 0 aliphatic carbocycles. The van der Waals surface area contributed by atoms with E-state index in [1.807, 2.05) is 0 Å². The summed E-state index contributed by atoms with van der Waals surface area (Å²) in [6.45, 7) is 0. The van der Waals surface area contributed by atoms with Crippen molar-refractivity contribution < 1.29 is 9.18 Å². The topological polar surface area (TPSA) is 30.0 Å². The maximum atomic E-state index is 12.7. The Morgan fingerprint density at radius 3 is 2.62 bits per heavy atom. The number of carbonyl (C=O) groups is 1. The van der Waals surface area contributed by atoms with E-state index in [0.717, 1.165) is 0 Å². The number of benzene rings is 1. The van der Waals surface area contributed by atoms with Gasteiger partial charge in [0.2, 0.25) is 0 Å². The third kappa shape index (κ3) is 2.28. The highest BCUT2D eigenvalue weighted by atomic mass is 35.5. The van der Waals surface area contributed by atoms with Crippen LogP contribution in [0.25, 0.3) is 0 Å². The molecule has 1 aromatic heterocycles. The minimum Gasteiger partial charge on any atom is -0.291 e. The molecule has 1 aromatic carbocycles. The van der Waals surface area contributed by atoms with E-state index in [2.05, 4.69) is 4.98 Å². The smallest absolute Gasteiger partial charge is 0.196 e. The Morgan fingerprint density at radius 2 is 2.06 bits per heavy atom. The van der Waals surface area contributed by atoms with E-state index < -0.39 is 5.38 Å².